The molecule has 2 heterocycles. The van der Waals surface area contributed by atoms with Crippen molar-refractivity contribution in [2.24, 2.45) is 0 Å². The quantitative estimate of drug-likeness (QED) is 0.799. The molecule has 0 saturated carbocycles. The lowest BCUT2D eigenvalue weighted by molar-refractivity contribution is -0.117. The average molecular weight is 336 g/mol. The first-order chi connectivity index (χ1) is 7.08. The molecule has 1 saturated heterocycles. The molecule has 0 spiro atoms. The Morgan fingerprint density at radius 2 is 2.33 bits per heavy atom. The number of halogens is 2. The molecule has 1 aliphatic rings. The van der Waals surface area contributed by atoms with Crippen LogP contribution < -0.4 is 4.90 Å². The van der Waals surface area contributed by atoms with Gasteiger partial charge in [0, 0.05) is 28.5 Å². The Balaban J connectivity index is 2.34. The number of nitrogens with zero attached hydrogens (tertiary/aromatic N) is 2. The number of alkyl halides is 1. The minimum atomic E-state index is -0.0259. The minimum absolute atomic E-state index is 0.0133. The lowest BCUT2D eigenvalue weighted by Gasteiger charge is -2.15. The smallest absolute Gasteiger partial charge is 0.229 e. The molecule has 1 aromatic heterocycles. The third-order valence-corrected chi connectivity index (χ3v) is 3.19. The number of anilines is 1. The molecule has 1 fully saturated rings. The summed E-state index contributed by atoms with van der Waals surface area (Å²) in [5.74, 6) is 0.312. The molecule has 0 radical (unpaired) electrons. The minimum Gasteiger partial charge on any atom is -0.504 e. The molecule has 80 valence electrons. The predicted molar refractivity (Wildman–Crippen MR) is 63.3 cm³/mol. The Morgan fingerprint density at radius 1 is 1.60 bits per heavy atom. The van der Waals surface area contributed by atoms with Crippen molar-refractivity contribution in [2.45, 2.75) is 11.2 Å². The number of rotatable bonds is 1. The van der Waals surface area contributed by atoms with Crippen LogP contribution in [0.5, 0.6) is 5.75 Å². The maximum Gasteiger partial charge on any atom is 0.229 e. The highest BCUT2D eigenvalue weighted by Crippen LogP contribution is 2.31. The van der Waals surface area contributed by atoms with Crippen molar-refractivity contribution < 1.29 is 9.90 Å². The van der Waals surface area contributed by atoms with Crippen LogP contribution in [0.4, 0.5) is 5.82 Å². The van der Waals surface area contributed by atoms with E-state index >= 15 is 0 Å². The van der Waals surface area contributed by atoms with Crippen molar-refractivity contribution >= 4 is 43.6 Å². The van der Waals surface area contributed by atoms with Crippen LogP contribution in [0.2, 0.25) is 0 Å². The molecule has 1 N–H and O–H groups in total. The summed E-state index contributed by atoms with van der Waals surface area (Å²) in [7, 11) is 0. The van der Waals surface area contributed by atoms with Gasteiger partial charge in [-0.1, -0.05) is 15.9 Å². The first-order valence-corrected chi connectivity index (χ1v) is 6.07. The SMILES string of the molecule is O=C1CC(Br)CN1c1ncc(Br)cc1O. The second-order valence-corrected chi connectivity index (χ2v) is 5.51. The van der Waals surface area contributed by atoms with Crippen LogP contribution in [0.25, 0.3) is 0 Å². The third-order valence-electron chi connectivity index (χ3n) is 2.15. The highest BCUT2D eigenvalue weighted by molar-refractivity contribution is 9.10. The highest BCUT2D eigenvalue weighted by atomic mass is 79.9. The van der Waals surface area contributed by atoms with Gasteiger partial charge in [-0.15, -0.1) is 0 Å². The Hall–Kier alpha value is -0.620. The van der Waals surface area contributed by atoms with E-state index in [0.717, 1.165) is 0 Å². The van der Waals surface area contributed by atoms with Gasteiger partial charge in [0.05, 0.1) is 0 Å². The molecule has 1 amide bonds. The normalized spacial score (nSPS) is 21.1. The first-order valence-electron chi connectivity index (χ1n) is 4.37. The highest BCUT2D eigenvalue weighted by Gasteiger charge is 2.31. The van der Waals surface area contributed by atoms with Crippen LogP contribution in [0, 0.1) is 0 Å². The van der Waals surface area contributed by atoms with Crippen LogP contribution >= 0.6 is 31.9 Å². The zero-order valence-corrected chi connectivity index (χ0v) is 10.8. The molecule has 0 bridgehead atoms. The van der Waals surface area contributed by atoms with Crippen molar-refractivity contribution in [3.8, 4) is 5.75 Å². The van der Waals surface area contributed by atoms with Crippen molar-refractivity contribution in [1.29, 1.82) is 0 Å². The summed E-state index contributed by atoms with van der Waals surface area (Å²) in [6.45, 7) is 0.543. The third kappa shape index (κ3) is 2.15. The van der Waals surface area contributed by atoms with Gasteiger partial charge in [-0.05, 0) is 22.0 Å². The molecule has 1 atom stereocenters. The van der Waals surface area contributed by atoms with E-state index in [-0.39, 0.29) is 16.5 Å². The van der Waals surface area contributed by atoms with Crippen LogP contribution in [-0.2, 0) is 4.79 Å². The maximum absolute atomic E-state index is 11.6. The molecule has 15 heavy (non-hydrogen) atoms. The van der Waals surface area contributed by atoms with Crippen molar-refractivity contribution in [3.63, 3.8) is 0 Å². The molecule has 1 aliphatic heterocycles. The van der Waals surface area contributed by atoms with Gasteiger partial charge < -0.3 is 5.11 Å². The Labute approximate surface area is 104 Å². The zero-order valence-electron chi connectivity index (χ0n) is 7.65. The van der Waals surface area contributed by atoms with Crippen molar-refractivity contribution in [1.82, 2.24) is 4.98 Å². The zero-order chi connectivity index (χ0) is 11.0. The molecule has 2 rings (SSSR count). The summed E-state index contributed by atoms with van der Waals surface area (Å²) in [6.07, 6.45) is 2.00. The number of pyridine rings is 1. The summed E-state index contributed by atoms with van der Waals surface area (Å²) in [5, 5.41) is 9.65. The largest absolute Gasteiger partial charge is 0.504 e. The second-order valence-electron chi connectivity index (χ2n) is 3.30. The average Bonchev–Trinajstić information content (AvgIpc) is 2.45. The molecule has 4 nitrogen and oxygen atoms in total. The number of amides is 1. The lowest BCUT2D eigenvalue weighted by atomic mass is 10.4. The fourth-order valence-corrected chi connectivity index (χ4v) is 2.38. The van der Waals surface area contributed by atoms with E-state index in [1.165, 1.54) is 11.0 Å². The Bertz CT molecular complexity index is 411. The van der Waals surface area contributed by atoms with E-state index in [0.29, 0.717) is 23.3 Å². The molecular weight excluding hydrogens is 328 g/mol. The molecule has 6 heteroatoms. The van der Waals surface area contributed by atoms with Crippen LogP contribution in [0.1, 0.15) is 6.42 Å². The van der Waals surface area contributed by atoms with Gasteiger partial charge >= 0.3 is 0 Å². The van der Waals surface area contributed by atoms with Crippen LogP contribution in [0.3, 0.4) is 0 Å². The predicted octanol–water partition coefficient (Wildman–Crippen LogP) is 2.05. The fourth-order valence-electron chi connectivity index (χ4n) is 1.50. The van der Waals surface area contributed by atoms with E-state index < -0.39 is 0 Å². The Kier molecular flexibility index (Phi) is 2.97. The van der Waals surface area contributed by atoms with E-state index in [4.69, 9.17) is 0 Å². The van der Waals surface area contributed by atoms with Gasteiger partial charge in [0.2, 0.25) is 5.91 Å². The van der Waals surface area contributed by atoms with E-state index in [2.05, 4.69) is 36.8 Å². The molecule has 1 aromatic rings. The van der Waals surface area contributed by atoms with E-state index in [1.807, 2.05) is 0 Å². The van der Waals surface area contributed by atoms with Crippen molar-refractivity contribution in [2.75, 3.05) is 11.4 Å². The monoisotopic (exact) mass is 334 g/mol. The lowest BCUT2D eigenvalue weighted by Crippen LogP contribution is -2.25. The van der Waals surface area contributed by atoms with Gasteiger partial charge in [0.1, 0.15) is 0 Å². The maximum atomic E-state index is 11.6. The summed E-state index contributed by atoms with van der Waals surface area (Å²) >= 11 is 6.57. The molecule has 0 aromatic carbocycles. The van der Waals surface area contributed by atoms with Gasteiger partial charge in [0.25, 0.3) is 0 Å². The van der Waals surface area contributed by atoms with Gasteiger partial charge in [-0.25, -0.2) is 4.98 Å². The standard InChI is InChI=1S/C9H8Br2N2O2/c10-5-1-7(14)9(12-3-5)13-4-6(11)2-8(13)15/h1,3,6,14H,2,4H2. The summed E-state index contributed by atoms with van der Waals surface area (Å²) in [5.41, 5.74) is 0. The number of aromatic nitrogens is 1. The molecule has 1 unspecified atom stereocenters. The number of hydrogen-bond donors (Lipinski definition) is 1. The number of carbonyl (C=O) groups is 1. The topological polar surface area (TPSA) is 53.4 Å². The van der Waals surface area contributed by atoms with Gasteiger partial charge in [-0.2, -0.15) is 0 Å². The fraction of sp³-hybridized carbons (Fsp3) is 0.333. The number of hydrogen-bond acceptors (Lipinski definition) is 3. The molecule has 0 aliphatic carbocycles. The summed E-state index contributed by atoms with van der Waals surface area (Å²) in [6, 6.07) is 1.52. The van der Waals surface area contributed by atoms with E-state index in [9.17, 15) is 9.90 Å². The molecular formula is C9H8Br2N2O2. The van der Waals surface area contributed by atoms with Gasteiger partial charge in [-0.3, -0.25) is 9.69 Å². The first kappa shape index (κ1) is 10.9. The van der Waals surface area contributed by atoms with E-state index in [1.54, 1.807) is 6.20 Å². The van der Waals surface area contributed by atoms with Crippen LogP contribution in [0.15, 0.2) is 16.7 Å². The van der Waals surface area contributed by atoms with Crippen molar-refractivity contribution in [3.05, 3.63) is 16.7 Å². The number of aromatic hydroxyl groups is 1. The summed E-state index contributed by atoms with van der Waals surface area (Å²) in [4.78, 5) is 17.2. The van der Waals surface area contributed by atoms with Gasteiger partial charge in [0.15, 0.2) is 11.6 Å². The Morgan fingerprint density at radius 3 is 2.87 bits per heavy atom. The van der Waals surface area contributed by atoms with Crippen LogP contribution in [-0.4, -0.2) is 27.4 Å². The number of carbonyl (C=O) groups excluding carboxylic acids is 1. The summed E-state index contributed by atoms with van der Waals surface area (Å²) < 4.78 is 0.686. The second kappa shape index (κ2) is 4.09.